The predicted molar refractivity (Wildman–Crippen MR) is 182 cm³/mol. The number of methoxy groups -OCH3 is 1. The minimum atomic E-state index is -1.49. The Morgan fingerprint density at radius 3 is 2.50 bits per heavy atom. The molecular formula is C37H34Cl2FN3O5. The number of likely N-dealkylation sites (tertiary alicyclic amines) is 1. The standard InChI is InChI=1S/C37H34Cl2FN3O5/c1-4-48-26-8-5-7-23(17-26)20-43-21-28(34(44)42(2)19-22-11-13-24(14-12-22)35(45)47-3)32(27-9-6-10-30(39)33(27)40)37(43)29-16-15-25(38)18-31(29)41-36(37)46/h5-18,28,32H,4,19-21H2,1-3H3,(H,41,46)/t28?,32-,37-/m0/s1. The zero-order chi connectivity index (χ0) is 34.2. The lowest BCUT2D eigenvalue weighted by molar-refractivity contribution is -0.135. The molecule has 1 saturated heterocycles. The number of nitrogens with one attached hydrogen (secondary N) is 1. The highest BCUT2D eigenvalue weighted by Gasteiger charge is 2.65. The number of hydrogen-bond acceptors (Lipinski definition) is 6. The Kier molecular flexibility index (Phi) is 9.47. The SMILES string of the molecule is CCOc1cccc(CN2CC(C(=O)N(C)Cc3ccc(C(=O)OC)cc3)[C@H](c3cccc(Cl)c3F)[C@@]23C(=O)Nc2cc(Cl)ccc23)c1. The second-order valence-corrected chi connectivity index (χ2v) is 12.8. The molecule has 3 atom stereocenters. The van der Waals surface area contributed by atoms with Crippen LogP contribution >= 0.6 is 23.2 Å². The fraction of sp³-hybridized carbons (Fsp3) is 0.270. The summed E-state index contributed by atoms with van der Waals surface area (Å²) in [7, 11) is 2.98. The molecule has 8 nitrogen and oxygen atoms in total. The zero-order valence-electron chi connectivity index (χ0n) is 26.6. The van der Waals surface area contributed by atoms with Crippen LogP contribution in [0.1, 0.15) is 45.5 Å². The van der Waals surface area contributed by atoms with Crippen LogP contribution in [0.4, 0.5) is 10.1 Å². The lowest BCUT2D eigenvalue weighted by atomic mass is 9.71. The van der Waals surface area contributed by atoms with Crippen molar-refractivity contribution in [3.8, 4) is 5.75 Å². The van der Waals surface area contributed by atoms with Gasteiger partial charge in [0.15, 0.2) is 0 Å². The molecule has 0 radical (unpaired) electrons. The summed E-state index contributed by atoms with van der Waals surface area (Å²) in [4.78, 5) is 44.6. The van der Waals surface area contributed by atoms with Crippen molar-refractivity contribution in [3.05, 3.63) is 129 Å². The Hall–Kier alpha value is -4.44. The summed E-state index contributed by atoms with van der Waals surface area (Å²) in [6, 6.07) is 24.2. The van der Waals surface area contributed by atoms with Crippen molar-refractivity contribution in [1.82, 2.24) is 9.80 Å². The van der Waals surface area contributed by atoms with Gasteiger partial charge in [-0.1, -0.05) is 65.7 Å². The number of fused-ring (bicyclic) bond motifs is 2. The lowest BCUT2D eigenvalue weighted by Crippen LogP contribution is -2.50. The minimum absolute atomic E-state index is 0.106. The third-order valence-electron chi connectivity index (χ3n) is 9.14. The van der Waals surface area contributed by atoms with Crippen LogP contribution in [0.5, 0.6) is 5.75 Å². The van der Waals surface area contributed by atoms with Crippen molar-refractivity contribution in [2.24, 2.45) is 5.92 Å². The van der Waals surface area contributed by atoms with Gasteiger partial charge in [-0.05, 0) is 66.1 Å². The quantitative estimate of drug-likeness (QED) is 0.190. The van der Waals surface area contributed by atoms with E-state index in [1.54, 1.807) is 66.5 Å². The van der Waals surface area contributed by atoms with Gasteiger partial charge in [-0.2, -0.15) is 0 Å². The van der Waals surface area contributed by atoms with Gasteiger partial charge in [-0.3, -0.25) is 14.5 Å². The van der Waals surface area contributed by atoms with Gasteiger partial charge in [0, 0.05) is 48.9 Å². The summed E-state index contributed by atoms with van der Waals surface area (Å²) in [5.41, 5.74) is 1.79. The zero-order valence-corrected chi connectivity index (χ0v) is 28.1. The highest BCUT2D eigenvalue weighted by molar-refractivity contribution is 6.31. The maximum absolute atomic E-state index is 16.2. The number of ether oxygens (including phenoxy) is 2. The highest BCUT2D eigenvalue weighted by Crippen LogP contribution is 2.58. The lowest BCUT2D eigenvalue weighted by Gasteiger charge is -2.38. The second-order valence-electron chi connectivity index (χ2n) is 12.0. The average Bonchev–Trinajstić information content (AvgIpc) is 3.55. The van der Waals surface area contributed by atoms with E-state index in [2.05, 4.69) is 5.32 Å². The molecule has 4 aromatic carbocycles. The molecule has 2 aliphatic rings. The van der Waals surface area contributed by atoms with Crippen LogP contribution in [0.3, 0.4) is 0 Å². The van der Waals surface area contributed by atoms with Crippen LogP contribution in [0.25, 0.3) is 0 Å². The molecule has 1 N–H and O–H groups in total. The normalized spacial score (nSPS) is 20.0. The smallest absolute Gasteiger partial charge is 0.337 e. The second kappa shape index (κ2) is 13.6. The number of rotatable bonds is 9. The highest BCUT2D eigenvalue weighted by atomic mass is 35.5. The molecule has 11 heteroatoms. The van der Waals surface area contributed by atoms with E-state index in [1.165, 1.54) is 13.2 Å². The summed E-state index contributed by atoms with van der Waals surface area (Å²) in [5.74, 6) is -2.97. The first kappa shape index (κ1) is 33.5. The van der Waals surface area contributed by atoms with Gasteiger partial charge in [0.05, 0.1) is 30.2 Å². The first-order chi connectivity index (χ1) is 23.1. The van der Waals surface area contributed by atoms with Gasteiger partial charge >= 0.3 is 5.97 Å². The molecule has 1 fully saturated rings. The van der Waals surface area contributed by atoms with Crippen LogP contribution in [0, 0.1) is 11.7 Å². The van der Waals surface area contributed by atoms with E-state index in [0.717, 1.165) is 11.1 Å². The van der Waals surface area contributed by atoms with E-state index in [9.17, 15) is 14.4 Å². The van der Waals surface area contributed by atoms with Crippen molar-refractivity contribution in [2.45, 2.75) is 31.5 Å². The summed E-state index contributed by atoms with van der Waals surface area (Å²) >= 11 is 12.7. The van der Waals surface area contributed by atoms with E-state index in [0.29, 0.717) is 34.2 Å². The van der Waals surface area contributed by atoms with Crippen molar-refractivity contribution in [3.63, 3.8) is 0 Å². The van der Waals surface area contributed by atoms with Crippen molar-refractivity contribution in [2.75, 3.05) is 32.6 Å². The molecule has 48 heavy (non-hydrogen) atoms. The van der Waals surface area contributed by atoms with E-state index in [1.807, 2.05) is 36.1 Å². The third kappa shape index (κ3) is 5.91. The predicted octanol–water partition coefficient (Wildman–Crippen LogP) is 7.04. The minimum Gasteiger partial charge on any atom is -0.494 e. The summed E-state index contributed by atoms with van der Waals surface area (Å²) in [6.07, 6.45) is 0. The van der Waals surface area contributed by atoms with Gasteiger partial charge in [0.25, 0.3) is 0 Å². The number of esters is 1. The van der Waals surface area contributed by atoms with Crippen LogP contribution in [-0.4, -0.2) is 54.9 Å². The fourth-order valence-corrected chi connectivity index (χ4v) is 7.48. The van der Waals surface area contributed by atoms with Crippen LogP contribution in [0.15, 0.2) is 84.9 Å². The molecule has 0 saturated carbocycles. The maximum atomic E-state index is 16.2. The van der Waals surface area contributed by atoms with E-state index in [-0.39, 0.29) is 42.0 Å². The topological polar surface area (TPSA) is 88.2 Å². The Morgan fingerprint density at radius 1 is 1.02 bits per heavy atom. The van der Waals surface area contributed by atoms with E-state index >= 15 is 4.39 Å². The molecule has 1 spiro atoms. The van der Waals surface area contributed by atoms with Gasteiger partial charge in [0.2, 0.25) is 11.8 Å². The molecule has 6 rings (SSSR count). The molecule has 0 bridgehead atoms. The molecule has 2 aliphatic heterocycles. The maximum Gasteiger partial charge on any atom is 0.337 e. The Labute approximate surface area is 288 Å². The van der Waals surface area contributed by atoms with Gasteiger partial charge in [0.1, 0.15) is 17.1 Å². The van der Waals surface area contributed by atoms with Gasteiger partial charge in [-0.25, -0.2) is 9.18 Å². The Morgan fingerprint density at radius 2 is 1.77 bits per heavy atom. The number of anilines is 1. The van der Waals surface area contributed by atoms with Crippen LogP contribution in [-0.2, 0) is 33.0 Å². The van der Waals surface area contributed by atoms with E-state index in [4.69, 9.17) is 32.7 Å². The number of amides is 2. The molecule has 0 aliphatic carbocycles. The molecule has 2 amide bonds. The molecular weight excluding hydrogens is 656 g/mol. The largest absolute Gasteiger partial charge is 0.494 e. The number of nitrogens with zero attached hydrogens (tertiary/aromatic N) is 2. The molecule has 4 aromatic rings. The van der Waals surface area contributed by atoms with E-state index < -0.39 is 29.2 Å². The number of hydrogen-bond donors (Lipinski definition) is 1. The summed E-state index contributed by atoms with van der Waals surface area (Å²) in [6.45, 7) is 2.99. The fourth-order valence-electron chi connectivity index (χ4n) is 7.12. The van der Waals surface area contributed by atoms with Gasteiger partial charge < -0.3 is 19.7 Å². The number of benzene rings is 4. The molecule has 1 unspecified atom stereocenters. The first-order valence-electron chi connectivity index (χ1n) is 15.5. The summed E-state index contributed by atoms with van der Waals surface area (Å²) in [5, 5.41) is 3.31. The van der Waals surface area contributed by atoms with Gasteiger partial charge in [-0.15, -0.1) is 0 Å². The van der Waals surface area contributed by atoms with Crippen molar-refractivity contribution >= 4 is 46.7 Å². The molecule has 2 heterocycles. The first-order valence-corrected chi connectivity index (χ1v) is 16.3. The van der Waals surface area contributed by atoms with Crippen LogP contribution in [0.2, 0.25) is 10.0 Å². The molecule has 248 valence electrons. The number of carbonyl (C=O) groups excluding carboxylic acids is 3. The molecule has 0 aromatic heterocycles. The number of halogens is 3. The van der Waals surface area contributed by atoms with Crippen molar-refractivity contribution < 1.29 is 28.2 Å². The third-order valence-corrected chi connectivity index (χ3v) is 9.67. The van der Waals surface area contributed by atoms with Crippen molar-refractivity contribution in [1.29, 1.82) is 0 Å². The monoisotopic (exact) mass is 689 g/mol. The average molecular weight is 691 g/mol. The number of carbonyl (C=O) groups is 3. The Bertz CT molecular complexity index is 1890. The summed E-state index contributed by atoms with van der Waals surface area (Å²) < 4.78 is 26.7. The van der Waals surface area contributed by atoms with Crippen LogP contribution < -0.4 is 10.1 Å². The Balaban J connectivity index is 1.47.